The highest BCUT2D eigenvalue weighted by molar-refractivity contribution is 7.13. The van der Waals surface area contributed by atoms with Crippen molar-refractivity contribution in [2.24, 2.45) is 5.92 Å². The molecule has 6 nitrogen and oxygen atoms in total. The monoisotopic (exact) mass is 431 g/mol. The molecule has 0 saturated heterocycles. The number of hydrogen-bond acceptors (Lipinski definition) is 6. The topological polar surface area (TPSA) is 74.7 Å². The van der Waals surface area contributed by atoms with Crippen LogP contribution in [-0.2, 0) is 11.3 Å². The number of alkyl carbamates (subject to hydrolysis) is 1. The minimum Gasteiger partial charge on any atom is -0.444 e. The lowest BCUT2D eigenvalue weighted by Crippen LogP contribution is -2.35. The quantitative estimate of drug-likeness (QED) is 0.631. The molecule has 2 aromatic rings. The van der Waals surface area contributed by atoms with Crippen LogP contribution in [0.5, 0.6) is 0 Å². The fourth-order valence-electron chi connectivity index (χ4n) is 3.41. The van der Waals surface area contributed by atoms with Crippen molar-refractivity contribution in [1.82, 2.24) is 10.3 Å². The van der Waals surface area contributed by atoms with Crippen molar-refractivity contribution in [3.8, 4) is 10.4 Å². The lowest BCUT2D eigenvalue weighted by atomic mass is 10.0. The van der Waals surface area contributed by atoms with Crippen molar-refractivity contribution >= 4 is 23.1 Å². The molecule has 1 fully saturated rings. The summed E-state index contributed by atoms with van der Waals surface area (Å²) >= 11 is 1.64. The summed E-state index contributed by atoms with van der Waals surface area (Å²) in [6, 6.07) is 6.86. The number of ether oxygens (including phenoxy) is 1. The number of anilines is 1. The van der Waals surface area contributed by atoms with Crippen LogP contribution in [0.3, 0.4) is 0 Å². The molecule has 1 atom stereocenters. The molecule has 0 aliphatic heterocycles. The van der Waals surface area contributed by atoms with Gasteiger partial charge in [0.15, 0.2) is 0 Å². The van der Waals surface area contributed by atoms with E-state index in [0.717, 1.165) is 46.8 Å². The summed E-state index contributed by atoms with van der Waals surface area (Å²) in [4.78, 5) is 20.1. The maximum Gasteiger partial charge on any atom is 0.407 e. The molecule has 1 unspecified atom stereocenters. The van der Waals surface area contributed by atoms with Crippen molar-refractivity contribution < 1.29 is 14.6 Å². The molecule has 1 aliphatic rings. The molecule has 1 aromatic carbocycles. The highest BCUT2D eigenvalue weighted by Crippen LogP contribution is 2.38. The molecule has 1 aliphatic carbocycles. The molecular weight excluding hydrogens is 398 g/mol. The average Bonchev–Trinajstić information content (AvgIpc) is 3.43. The Kier molecular flexibility index (Phi) is 7.03. The van der Waals surface area contributed by atoms with E-state index in [1.807, 2.05) is 33.2 Å². The van der Waals surface area contributed by atoms with Crippen LogP contribution in [0.25, 0.3) is 10.4 Å². The van der Waals surface area contributed by atoms with Crippen molar-refractivity contribution in [2.45, 2.75) is 65.6 Å². The first kappa shape index (κ1) is 22.6. The zero-order chi connectivity index (χ0) is 21.9. The molecule has 1 aromatic heterocycles. The number of aromatic nitrogens is 1. The van der Waals surface area contributed by atoms with E-state index in [9.17, 15) is 9.90 Å². The van der Waals surface area contributed by atoms with E-state index in [1.165, 1.54) is 0 Å². The molecule has 164 valence electrons. The average molecular weight is 432 g/mol. The second-order valence-corrected chi connectivity index (χ2v) is 9.99. The largest absolute Gasteiger partial charge is 0.444 e. The summed E-state index contributed by atoms with van der Waals surface area (Å²) in [5.74, 6) is 0.172. The van der Waals surface area contributed by atoms with E-state index >= 15 is 0 Å². The van der Waals surface area contributed by atoms with E-state index in [-0.39, 0.29) is 12.5 Å². The van der Waals surface area contributed by atoms with Crippen molar-refractivity contribution in [3.63, 3.8) is 0 Å². The zero-order valence-corrected chi connectivity index (χ0v) is 19.4. The van der Waals surface area contributed by atoms with Crippen LogP contribution >= 0.6 is 11.3 Å². The van der Waals surface area contributed by atoms with Gasteiger partial charge >= 0.3 is 6.09 Å². The number of hydrogen-bond donors (Lipinski definition) is 2. The molecule has 2 N–H and O–H groups in total. The lowest BCUT2D eigenvalue weighted by Gasteiger charge is -2.30. The third-order valence-electron chi connectivity index (χ3n) is 5.03. The number of carbonyl (C=O) groups is 1. The van der Waals surface area contributed by atoms with Crippen molar-refractivity contribution in [1.29, 1.82) is 0 Å². The summed E-state index contributed by atoms with van der Waals surface area (Å²) in [7, 11) is 0. The number of amides is 1. The van der Waals surface area contributed by atoms with Crippen LogP contribution in [-0.4, -0.2) is 41.0 Å². The van der Waals surface area contributed by atoms with Gasteiger partial charge in [0.25, 0.3) is 0 Å². The number of aliphatic hydroxyl groups is 1. The Morgan fingerprint density at radius 1 is 1.40 bits per heavy atom. The number of thiazole rings is 1. The van der Waals surface area contributed by atoms with Crippen LogP contribution in [0.15, 0.2) is 23.7 Å². The molecular formula is C23H33N3O3S. The van der Waals surface area contributed by atoms with Gasteiger partial charge in [-0.15, -0.1) is 11.3 Å². The van der Waals surface area contributed by atoms with E-state index in [1.54, 1.807) is 11.3 Å². The molecule has 1 heterocycles. The fraction of sp³-hybridized carbons (Fsp3) is 0.565. The van der Waals surface area contributed by atoms with E-state index in [0.29, 0.717) is 12.6 Å². The van der Waals surface area contributed by atoms with Crippen molar-refractivity contribution in [3.05, 3.63) is 35.0 Å². The number of aryl methyl sites for hydroxylation is 1. The Balaban J connectivity index is 1.90. The van der Waals surface area contributed by atoms with Gasteiger partial charge in [0.1, 0.15) is 5.60 Å². The van der Waals surface area contributed by atoms with Gasteiger partial charge in [0.05, 0.1) is 16.1 Å². The number of nitrogens with one attached hydrogen (secondary N) is 1. The summed E-state index contributed by atoms with van der Waals surface area (Å²) in [6.45, 7) is 11.0. The Hall–Kier alpha value is -2.12. The first-order valence-electron chi connectivity index (χ1n) is 10.6. The van der Waals surface area contributed by atoms with Gasteiger partial charge in [-0.1, -0.05) is 19.1 Å². The summed E-state index contributed by atoms with van der Waals surface area (Å²) in [5, 5.41) is 12.5. The summed E-state index contributed by atoms with van der Waals surface area (Å²) < 4.78 is 5.40. The zero-order valence-electron chi connectivity index (χ0n) is 18.6. The predicted octanol–water partition coefficient (Wildman–Crippen LogP) is 4.74. The van der Waals surface area contributed by atoms with Gasteiger partial charge in [-0.25, -0.2) is 9.78 Å². The minimum absolute atomic E-state index is 0.155. The predicted molar refractivity (Wildman–Crippen MR) is 122 cm³/mol. The van der Waals surface area contributed by atoms with Crippen LogP contribution in [0, 0.1) is 12.8 Å². The van der Waals surface area contributed by atoms with Gasteiger partial charge in [0.2, 0.25) is 0 Å². The molecule has 0 radical (unpaired) electrons. The van der Waals surface area contributed by atoms with Crippen molar-refractivity contribution in [2.75, 3.05) is 18.1 Å². The third-order valence-corrected chi connectivity index (χ3v) is 6.01. The maximum atomic E-state index is 12.2. The molecule has 1 saturated carbocycles. The van der Waals surface area contributed by atoms with E-state index < -0.39 is 11.7 Å². The number of carbonyl (C=O) groups excluding carboxylic acids is 1. The Labute approximate surface area is 183 Å². The highest BCUT2D eigenvalue weighted by atomic mass is 32.1. The van der Waals surface area contributed by atoms with Gasteiger partial charge in [-0.05, 0) is 63.6 Å². The van der Waals surface area contributed by atoms with E-state index in [4.69, 9.17) is 4.74 Å². The maximum absolute atomic E-state index is 12.2. The van der Waals surface area contributed by atoms with Gasteiger partial charge in [-0.2, -0.15) is 0 Å². The Morgan fingerprint density at radius 3 is 2.70 bits per heavy atom. The SMILES string of the molecule is Cc1ncsc1-c1ccc(CNC(=O)OC(C)(C)C)c(N(CC(C)CO)C2CC2)c1. The van der Waals surface area contributed by atoms with Gasteiger partial charge < -0.3 is 20.1 Å². The molecule has 3 rings (SSSR count). The first-order chi connectivity index (χ1) is 14.2. The standard InChI is InChI=1S/C23H33N3O3S/c1-15(13-27)12-26(19-8-9-19)20-10-17(21-16(2)25-14-30-21)6-7-18(20)11-24-22(28)29-23(3,4)5/h6-7,10,14-15,19,27H,8-9,11-13H2,1-5H3,(H,24,28). The number of benzene rings is 1. The molecule has 0 spiro atoms. The van der Waals surface area contributed by atoms with Crippen LogP contribution < -0.4 is 10.2 Å². The second kappa shape index (κ2) is 9.35. The van der Waals surface area contributed by atoms with Gasteiger partial charge in [0, 0.05) is 31.4 Å². The minimum atomic E-state index is -0.531. The number of aliphatic hydroxyl groups excluding tert-OH is 1. The summed E-state index contributed by atoms with van der Waals surface area (Å²) in [5.41, 5.74) is 5.65. The normalized spacial score (nSPS) is 15.0. The smallest absolute Gasteiger partial charge is 0.407 e. The molecule has 7 heteroatoms. The molecule has 0 bridgehead atoms. The second-order valence-electron chi connectivity index (χ2n) is 9.14. The highest BCUT2D eigenvalue weighted by Gasteiger charge is 2.31. The van der Waals surface area contributed by atoms with Crippen LogP contribution in [0.1, 0.15) is 51.8 Å². The van der Waals surface area contributed by atoms with Gasteiger partial charge in [-0.3, -0.25) is 0 Å². The number of nitrogens with zero attached hydrogens (tertiary/aromatic N) is 2. The first-order valence-corrected chi connectivity index (χ1v) is 11.4. The van der Waals surface area contributed by atoms with Crippen LogP contribution in [0.4, 0.5) is 10.5 Å². The molecule has 1 amide bonds. The number of rotatable bonds is 8. The lowest BCUT2D eigenvalue weighted by molar-refractivity contribution is 0.0523. The molecule has 30 heavy (non-hydrogen) atoms. The fourth-order valence-corrected chi connectivity index (χ4v) is 4.21. The Morgan fingerprint density at radius 2 is 2.13 bits per heavy atom. The van der Waals surface area contributed by atoms with Crippen LogP contribution in [0.2, 0.25) is 0 Å². The third kappa shape index (κ3) is 5.95. The summed E-state index contributed by atoms with van der Waals surface area (Å²) in [6.07, 6.45) is 1.89. The van der Waals surface area contributed by atoms with E-state index in [2.05, 4.69) is 40.3 Å². The Bertz CT molecular complexity index is 871.